The van der Waals surface area contributed by atoms with Crippen molar-refractivity contribution in [3.63, 3.8) is 0 Å². The van der Waals surface area contributed by atoms with Crippen LogP contribution in [0.2, 0.25) is 5.02 Å². The molecule has 15 nitrogen and oxygen atoms in total. The Balaban J connectivity index is 0.987. The highest BCUT2D eigenvalue weighted by atomic mass is 35.5. The number of sulfonamides is 1. The van der Waals surface area contributed by atoms with Crippen molar-refractivity contribution in [3.8, 4) is 11.6 Å². The molecule has 3 aliphatic heterocycles. The number of carbonyl (C=O) groups is 1. The van der Waals surface area contributed by atoms with Crippen LogP contribution in [0.5, 0.6) is 11.6 Å². The number of alkyl halides is 1. The Bertz CT molecular complexity index is 2790. The van der Waals surface area contributed by atoms with Gasteiger partial charge in [-0.15, -0.1) is 0 Å². The maximum Gasteiger partial charge on any atom is 0.312 e. The van der Waals surface area contributed by atoms with E-state index in [2.05, 4.69) is 45.5 Å². The number of allylic oxidation sites excluding steroid dienone is 1. The lowest BCUT2D eigenvalue weighted by Crippen LogP contribution is -2.47. The number of nitrogens with zero attached hydrogens (tertiary/aromatic N) is 5. The average molecular weight is 943 g/mol. The number of carbonyl (C=O) groups excluding carboxylic acids is 1. The van der Waals surface area contributed by atoms with Gasteiger partial charge in [0.1, 0.15) is 17.9 Å². The number of benzene rings is 3. The number of ether oxygens (including phenoxy) is 3. The number of amides is 1. The summed E-state index contributed by atoms with van der Waals surface area (Å²) >= 11 is 6.26. The monoisotopic (exact) mass is 941 g/mol. The Morgan fingerprint density at radius 1 is 0.985 bits per heavy atom. The van der Waals surface area contributed by atoms with Gasteiger partial charge in [-0.05, 0) is 110 Å². The molecular formula is C48H53ClFN7O8S. The standard InChI is InChI=1S/C48H53ClFN7O8S/c1-47(2)16-13-34(39(28-47)32-5-7-35(49)8-6-32)29-54-19-21-55(22-20-54)36-9-11-38(40(26-36)56-18-4-24-64-46-42(56)25-33-14-17-51-44(33)52-46)45(58)53-66(61,62)37-10-12-43(41(27-37)57(59)60)65-31-48(50)15-3-23-63-30-48/h5-12,14,17,25-27H,3-4,13,15-16,18-24,28-31H2,1-2H3,(H,51,52)(H,53,58). The van der Waals surface area contributed by atoms with Crippen LogP contribution in [0.1, 0.15) is 68.3 Å². The molecule has 66 heavy (non-hydrogen) atoms. The van der Waals surface area contributed by atoms with E-state index in [0.29, 0.717) is 55.5 Å². The SMILES string of the molecule is CC1(C)CCC(CN2CCN(c3ccc(C(=O)NS(=O)(=O)c4ccc(OCC5(F)CCCOC5)c([N+](=O)[O-])c4)c(N4CCCOc5nc6[nH]ccc6cc54)c3)CC2)=C(c2ccc(Cl)cc2)C1. The third kappa shape index (κ3) is 9.85. The summed E-state index contributed by atoms with van der Waals surface area (Å²) in [7, 11) is -4.68. The smallest absolute Gasteiger partial charge is 0.312 e. The molecule has 9 rings (SSSR count). The molecule has 5 aromatic rings. The quantitative estimate of drug-likeness (QED) is 0.0901. The van der Waals surface area contributed by atoms with Crippen LogP contribution in [-0.2, 0) is 14.8 Å². The van der Waals surface area contributed by atoms with Gasteiger partial charge in [-0.3, -0.25) is 19.8 Å². The zero-order valence-corrected chi connectivity index (χ0v) is 38.6. The summed E-state index contributed by atoms with van der Waals surface area (Å²) in [6, 6.07) is 20.3. The van der Waals surface area contributed by atoms with Crippen molar-refractivity contribution < 1.29 is 36.7 Å². The van der Waals surface area contributed by atoms with Crippen molar-refractivity contribution in [3.05, 3.63) is 111 Å². The van der Waals surface area contributed by atoms with Crippen molar-refractivity contribution in [2.45, 2.75) is 62.9 Å². The molecule has 1 unspecified atom stereocenters. The zero-order valence-electron chi connectivity index (χ0n) is 37.0. The van der Waals surface area contributed by atoms with Gasteiger partial charge >= 0.3 is 5.69 Å². The number of halogens is 2. The molecule has 5 heterocycles. The molecule has 1 aliphatic carbocycles. The highest BCUT2D eigenvalue weighted by Crippen LogP contribution is 2.44. The van der Waals surface area contributed by atoms with E-state index < -0.39 is 43.7 Å². The minimum atomic E-state index is -4.68. The van der Waals surface area contributed by atoms with Crippen LogP contribution < -0.4 is 24.0 Å². The number of pyridine rings is 1. The van der Waals surface area contributed by atoms with Crippen LogP contribution in [0.4, 0.5) is 27.1 Å². The number of rotatable bonds is 12. The number of nitro groups is 1. The molecular weight excluding hydrogens is 889 g/mol. The molecule has 0 spiro atoms. The average Bonchev–Trinajstić information content (AvgIpc) is 3.66. The van der Waals surface area contributed by atoms with E-state index in [1.165, 1.54) is 16.7 Å². The van der Waals surface area contributed by atoms with Crippen molar-refractivity contribution in [2.75, 3.05) is 75.5 Å². The van der Waals surface area contributed by atoms with Crippen LogP contribution in [0.15, 0.2) is 89.5 Å². The number of H-pyrrole nitrogens is 1. The van der Waals surface area contributed by atoms with Crippen LogP contribution in [0.25, 0.3) is 16.6 Å². The normalized spacial score (nSPS) is 20.4. The zero-order chi connectivity index (χ0) is 46.2. The molecule has 2 aromatic heterocycles. The minimum absolute atomic E-state index is 0.0577. The van der Waals surface area contributed by atoms with Gasteiger partial charge in [-0.2, -0.15) is 4.98 Å². The summed E-state index contributed by atoms with van der Waals surface area (Å²) in [5, 5.41) is 13.7. The summed E-state index contributed by atoms with van der Waals surface area (Å²) in [6.07, 6.45) is 6.15. The maximum absolute atomic E-state index is 15.2. The second-order valence-electron chi connectivity index (χ2n) is 18.4. The largest absolute Gasteiger partial charge is 0.483 e. The number of hydrogen-bond donors (Lipinski definition) is 2. The van der Waals surface area contributed by atoms with Crippen LogP contribution in [0.3, 0.4) is 0 Å². The number of aromatic amines is 1. The Hall–Kier alpha value is -5.75. The van der Waals surface area contributed by atoms with E-state index >= 15 is 4.39 Å². The minimum Gasteiger partial charge on any atom is -0.483 e. The van der Waals surface area contributed by atoms with Gasteiger partial charge in [0.05, 0.1) is 34.3 Å². The highest BCUT2D eigenvalue weighted by Gasteiger charge is 2.36. The van der Waals surface area contributed by atoms with Crippen molar-refractivity contribution in [1.82, 2.24) is 19.6 Å². The number of nitro benzene ring substituents is 1. The Kier molecular flexibility index (Phi) is 12.7. The van der Waals surface area contributed by atoms with Crippen molar-refractivity contribution in [1.29, 1.82) is 0 Å². The second kappa shape index (κ2) is 18.5. The molecule has 348 valence electrons. The van der Waals surface area contributed by atoms with E-state index in [-0.39, 0.29) is 29.8 Å². The van der Waals surface area contributed by atoms with Gasteiger partial charge in [0.25, 0.3) is 15.9 Å². The van der Waals surface area contributed by atoms with Crippen molar-refractivity contribution >= 4 is 66.9 Å². The first-order valence-corrected chi connectivity index (χ1v) is 24.2. The fraction of sp³-hybridized carbons (Fsp3) is 0.417. The van der Waals surface area contributed by atoms with Gasteiger partial charge < -0.3 is 29.0 Å². The predicted molar refractivity (Wildman–Crippen MR) is 251 cm³/mol. The van der Waals surface area contributed by atoms with Crippen LogP contribution >= 0.6 is 11.6 Å². The lowest BCUT2D eigenvalue weighted by molar-refractivity contribution is -0.386. The van der Waals surface area contributed by atoms with Crippen molar-refractivity contribution in [2.24, 2.45) is 5.41 Å². The van der Waals surface area contributed by atoms with Gasteiger partial charge in [0, 0.05) is 74.2 Å². The molecule has 1 amide bonds. The van der Waals surface area contributed by atoms with Gasteiger partial charge in [0.15, 0.2) is 11.4 Å². The number of aromatic nitrogens is 2. The fourth-order valence-electron chi connectivity index (χ4n) is 9.35. The summed E-state index contributed by atoms with van der Waals surface area (Å²) in [5.41, 5.74) is 4.36. The Labute approximate surface area is 388 Å². The number of fused-ring (bicyclic) bond motifs is 2. The topological polar surface area (TPSA) is 172 Å². The Morgan fingerprint density at radius 3 is 2.55 bits per heavy atom. The molecule has 3 aromatic carbocycles. The molecule has 0 bridgehead atoms. The molecule has 2 fully saturated rings. The molecule has 0 radical (unpaired) electrons. The number of nitrogens with one attached hydrogen (secondary N) is 2. The van der Waals surface area contributed by atoms with Crippen LogP contribution in [-0.4, -0.2) is 105 Å². The van der Waals surface area contributed by atoms with E-state index in [1.807, 2.05) is 41.3 Å². The highest BCUT2D eigenvalue weighted by molar-refractivity contribution is 7.90. The third-order valence-electron chi connectivity index (χ3n) is 13.0. The fourth-order valence-corrected chi connectivity index (χ4v) is 10.5. The van der Waals surface area contributed by atoms with E-state index in [4.69, 9.17) is 30.8 Å². The molecule has 1 atom stereocenters. The van der Waals surface area contributed by atoms with E-state index in [9.17, 15) is 23.3 Å². The first kappa shape index (κ1) is 45.4. The maximum atomic E-state index is 15.2. The molecule has 0 saturated carbocycles. The lowest BCUT2D eigenvalue weighted by Gasteiger charge is -2.39. The molecule has 2 saturated heterocycles. The second-order valence-corrected chi connectivity index (χ2v) is 20.5. The third-order valence-corrected chi connectivity index (χ3v) is 14.6. The van der Waals surface area contributed by atoms with Gasteiger partial charge in [-0.25, -0.2) is 17.5 Å². The molecule has 2 N–H and O–H groups in total. The summed E-state index contributed by atoms with van der Waals surface area (Å²) in [5.74, 6) is -0.886. The number of piperazine rings is 1. The molecule has 4 aliphatic rings. The predicted octanol–water partition coefficient (Wildman–Crippen LogP) is 8.85. The summed E-state index contributed by atoms with van der Waals surface area (Å²) < 4.78 is 62.0. The number of hydrogen-bond acceptors (Lipinski definition) is 12. The summed E-state index contributed by atoms with van der Waals surface area (Å²) in [6.45, 7) is 9.08. The van der Waals surface area contributed by atoms with Gasteiger partial charge in [0.2, 0.25) is 5.88 Å². The summed E-state index contributed by atoms with van der Waals surface area (Å²) in [4.78, 5) is 39.7. The first-order valence-electron chi connectivity index (χ1n) is 22.4. The lowest BCUT2D eigenvalue weighted by atomic mass is 9.72. The molecule has 18 heteroatoms. The van der Waals surface area contributed by atoms with Gasteiger partial charge in [-0.1, -0.05) is 43.2 Å². The first-order chi connectivity index (χ1) is 31.6. The number of anilines is 3. The van der Waals surface area contributed by atoms with E-state index in [0.717, 1.165) is 86.3 Å². The van der Waals surface area contributed by atoms with Crippen LogP contribution in [0, 0.1) is 15.5 Å². The van der Waals surface area contributed by atoms with E-state index in [1.54, 1.807) is 12.3 Å². The Morgan fingerprint density at radius 2 is 1.79 bits per heavy atom.